The summed E-state index contributed by atoms with van der Waals surface area (Å²) in [4.78, 5) is 20.5. The van der Waals surface area contributed by atoms with E-state index in [4.69, 9.17) is 5.73 Å². The Morgan fingerprint density at radius 3 is 2.75 bits per heavy atom. The van der Waals surface area contributed by atoms with Crippen LogP contribution in [0.4, 0.5) is 23.0 Å². The number of benzene rings is 2. The number of nitrogens with two attached hydrogens (primary N) is 1. The van der Waals surface area contributed by atoms with Gasteiger partial charge in [-0.3, -0.25) is 4.79 Å². The van der Waals surface area contributed by atoms with E-state index in [1.807, 2.05) is 48.5 Å². The Hall–Kier alpha value is -3.41. The molecule has 1 aliphatic rings. The molecule has 1 aliphatic heterocycles. The van der Waals surface area contributed by atoms with Crippen LogP contribution >= 0.6 is 0 Å². The summed E-state index contributed by atoms with van der Waals surface area (Å²) in [5.41, 5.74) is 10.6. The molecule has 4 rings (SSSR count). The van der Waals surface area contributed by atoms with Crippen LogP contribution in [0.25, 0.3) is 11.3 Å². The topological polar surface area (TPSA) is 92.9 Å². The number of para-hydroxylation sites is 1. The van der Waals surface area contributed by atoms with Crippen molar-refractivity contribution in [2.75, 3.05) is 16.4 Å². The van der Waals surface area contributed by atoms with E-state index in [1.165, 1.54) is 0 Å². The molecule has 118 valence electrons. The van der Waals surface area contributed by atoms with Crippen LogP contribution in [0.3, 0.4) is 0 Å². The molecule has 0 saturated carbocycles. The number of amides is 1. The van der Waals surface area contributed by atoms with Gasteiger partial charge in [0.1, 0.15) is 0 Å². The van der Waals surface area contributed by atoms with Crippen LogP contribution in [0.15, 0.2) is 54.7 Å². The van der Waals surface area contributed by atoms with E-state index in [0.717, 1.165) is 22.5 Å². The molecule has 0 spiro atoms. The maximum Gasteiger partial charge on any atom is 0.228 e. The third kappa shape index (κ3) is 2.65. The fourth-order valence-corrected chi connectivity index (χ4v) is 2.77. The molecule has 6 heteroatoms. The van der Waals surface area contributed by atoms with Crippen molar-refractivity contribution < 1.29 is 4.79 Å². The van der Waals surface area contributed by atoms with Crippen molar-refractivity contribution in [2.45, 2.75) is 6.42 Å². The lowest BCUT2D eigenvalue weighted by molar-refractivity contribution is -0.115. The first-order chi connectivity index (χ1) is 11.7. The number of carbonyl (C=O) groups excluding carboxylic acids is 1. The molecule has 2 aromatic carbocycles. The maximum atomic E-state index is 12.1. The SMILES string of the molecule is Nc1ncc2c(n1)-c1ccc(Nc3ccccc3)cc1NC(=O)C2. The Labute approximate surface area is 138 Å². The molecular formula is C18H15N5O. The molecule has 6 nitrogen and oxygen atoms in total. The van der Waals surface area contributed by atoms with Crippen LogP contribution in [-0.4, -0.2) is 15.9 Å². The van der Waals surface area contributed by atoms with Crippen LogP contribution in [0.1, 0.15) is 5.56 Å². The largest absolute Gasteiger partial charge is 0.368 e. The van der Waals surface area contributed by atoms with Gasteiger partial charge in [0.25, 0.3) is 0 Å². The summed E-state index contributed by atoms with van der Waals surface area (Å²) in [6, 6.07) is 15.6. The zero-order chi connectivity index (χ0) is 16.5. The highest BCUT2D eigenvalue weighted by Crippen LogP contribution is 2.35. The third-order valence-electron chi connectivity index (χ3n) is 3.85. The molecular weight excluding hydrogens is 302 g/mol. The van der Waals surface area contributed by atoms with E-state index in [0.29, 0.717) is 11.4 Å². The minimum atomic E-state index is -0.0970. The minimum Gasteiger partial charge on any atom is -0.368 e. The predicted molar refractivity (Wildman–Crippen MR) is 93.9 cm³/mol. The fraction of sp³-hybridized carbons (Fsp3) is 0.0556. The van der Waals surface area contributed by atoms with Gasteiger partial charge in [-0.15, -0.1) is 0 Å². The van der Waals surface area contributed by atoms with Crippen molar-refractivity contribution in [3.8, 4) is 11.3 Å². The molecule has 0 aliphatic carbocycles. The lowest BCUT2D eigenvalue weighted by atomic mass is 10.0. The van der Waals surface area contributed by atoms with E-state index in [2.05, 4.69) is 20.6 Å². The highest BCUT2D eigenvalue weighted by Gasteiger charge is 2.21. The average molecular weight is 317 g/mol. The monoisotopic (exact) mass is 317 g/mol. The van der Waals surface area contributed by atoms with Crippen molar-refractivity contribution >= 4 is 28.9 Å². The molecule has 4 N–H and O–H groups in total. The predicted octanol–water partition coefficient (Wildman–Crippen LogP) is 2.96. The molecule has 24 heavy (non-hydrogen) atoms. The van der Waals surface area contributed by atoms with E-state index in [-0.39, 0.29) is 18.3 Å². The molecule has 2 heterocycles. The summed E-state index contributed by atoms with van der Waals surface area (Å²) in [5, 5.41) is 6.24. The summed E-state index contributed by atoms with van der Waals surface area (Å²) in [7, 11) is 0. The van der Waals surface area contributed by atoms with Crippen molar-refractivity contribution in [1.82, 2.24) is 9.97 Å². The van der Waals surface area contributed by atoms with Gasteiger partial charge in [-0.1, -0.05) is 18.2 Å². The van der Waals surface area contributed by atoms with E-state index in [1.54, 1.807) is 6.20 Å². The second kappa shape index (κ2) is 5.66. The second-order valence-electron chi connectivity index (χ2n) is 5.58. The van der Waals surface area contributed by atoms with Gasteiger partial charge < -0.3 is 16.4 Å². The van der Waals surface area contributed by atoms with E-state index < -0.39 is 0 Å². The molecule has 0 atom stereocenters. The number of fused-ring (bicyclic) bond motifs is 3. The Bertz CT molecular complexity index is 924. The molecule has 1 amide bonds. The first-order valence-electron chi connectivity index (χ1n) is 7.57. The second-order valence-corrected chi connectivity index (χ2v) is 5.58. The van der Waals surface area contributed by atoms with Crippen LogP contribution in [0, 0.1) is 0 Å². The number of nitrogens with zero attached hydrogens (tertiary/aromatic N) is 2. The van der Waals surface area contributed by atoms with Crippen molar-refractivity contribution in [2.24, 2.45) is 0 Å². The average Bonchev–Trinajstić information content (AvgIpc) is 2.71. The zero-order valence-electron chi connectivity index (χ0n) is 12.8. The zero-order valence-corrected chi connectivity index (χ0v) is 12.8. The lowest BCUT2D eigenvalue weighted by Crippen LogP contribution is -2.13. The molecule has 0 bridgehead atoms. The molecule has 3 aromatic rings. The maximum absolute atomic E-state index is 12.1. The van der Waals surface area contributed by atoms with Gasteiger partial charge in [-0.25, -0.2) is 9.97 Å². The summed E-state index contributed by atoms with van der Waals surface area (Å²) in [6.45, 7) is 0. The summed E-state index contributed by atoms with van der Waals surface area (Å²) >= 11 is 0. The Kier molecular flexibility index (Phi) is 3.35. The number of hydrogen-bond acceptors (Lipinski definition) is 5. The Balaban J connectivity index is 1.78. The van der Waals surface area contributed by atoms with Gasteiger partial charge in [0.05, 0.1) is 17.8 Å². The highest BCUT2D eigenvalue weighted by molar-refractivity contribution is 6.00. The van der Waals surface area contributed by atoms with Gasteiger partial charge in [-0.2, -0.15) is 0 Å². The number of hydrogen-bond donors (Lipinski definition) is 3. The third-order valence-corrected chi connectivity index (χ3v) is 3.85. The van der Waals surface area contributed by atoms with Gasteiger partial charge in [0.15, 0.2) is 0 Å². The highest BCUT2D eigenvalue weighted by atomic mass is 16.1. The normalized spacial score (nSPS) is 12.6. The van der Waals surface area contributed by atoms with Crippen LogP contribution in [-0.2, 0) is 11.2 Å². The van der Waals surface area contributed by atoms with Crippen LogP contribution in [0.5, 0.6) is 0 Å². The van der Waals surface area contributed by atoms with Gasteiger partial charge >= 0.3 is 0 Å². The molecule has 0 fully saturated rings. The van der Waals surface area contributed by atoms with Crippen LogP contribution in [0.2, 0.25) is 0 Å². The first kappa shape index (κ1) is 14.2. The van der Waals surface area contributed by atoms with Crippen molar-refractivity contribution in [1.29, 1.82) is 0 Å². The van der Waals surface area contributed by atoms with Gasteiger partial charge in [-0.05, 0) is 30.3 Å². The molecule has 1 aromatic heterocycles. The Morgan fingerprint density at radius 2 is 1.92 bits per heavy atom. The van der Waals surface area contributed by atoms with Crippen LogP contribution < -0.4 is 16.4 Å². The van der Waals surface area contributed by atoms with E-state index in [9.17, 15) is 4.79 Å². The number of carbonyl (C=O) groups is 1. The first-order valence-corrected chi connectivity index (χ1v) is 7.57. The summed E-state index contributed by atoms with van der Waals surface area (Å²) in [5.74, 6) is 0.0979. The van der Waals surface area contributed by atoms with Gasteiger partial charge in [0, 0.05) is 28.7 Å². The van der Waals surface area contributed by atoms with Gasteiger partial charge in [0.2, 0.25) is 11.9 Å². The molecule has 0 unspecified atom stereocenters. The smallest absolute Gasteiger partial charge is 0.228 e. The standard InChI is InChI=1S/C18H15N5O/c19-18-20-10-11-8-16(24)22-15-9-13(6-7-14(15)17(11)23-18)21-12-4-2-1-3-5-12/h1-7,9-10,21H,8H2,(H,22,24)(H2,19,20,23). The summed E-state index contributed by atoms with van der Waals surface area (Å²) in [6.07, 6.45) is 1.84. The summed E-state index contributed by atoms with van der Waals surface area (Å²) < 4.78 is 0. The number of aromatic nitrogens is 2. The number of rotatable bonds is 2. The number of anilines is 4. The van der Waals surface area contributed by atoms with Crippen molar-refractivity contribution in [3.05, 3.63) is 60.3 Å². The number of nitrogens with one attached hydrogen (secondary N) is 2. The van der Waals surface area contributed by atoms with Crippen molar-refractivity contribution in [3.63, 3.8) is 0 Å². The lowest BCUT2D eigenvalue weighted by Gasteiger charge is -2.12. The Morgan fingerprint density at radius 1 is 1.08 bits per heavy atom. The fourth-order valence-electron chi connectivity index (χ4n) is 2.77. The molecule has 0 radical (unpaired) electrons. The number of nitrogen functional groups attached to an aromatic ring is 1. The molecule has 0 saturated heterocycles. The quantitative estimate of drug-likeness (QED) is 0.675. The minimum absolute atomic E-state index is 0.0970. The van der Waals surface area contributed by atoms with E-state index >= 15 is 0 Å².